The molecule has 2 rings (SSSR count). The number of hydrogen-bond acceptors (Lipinski definition) is 4. The fraction of sp³-hybridized carbons (Fsp3) is 0.857. The van der Waals surface area contributed by atoms with E-state index in [9.17, 15) is 9.59 Å². The summed E-state index contributed by atoms with van der Waals surface area (Å²) in [7, 11) is 1.78. The highest BCUT2D eigenvalue weighted by Gasteiger charge is 2.36. The van der Waals surface area contributed by atoms with Crippen molar-refractivity contribution in [2.75, 3.05) is 39.9 Å². The largest absolute Gasteiger partial charge is 0.481 e. The van der Waals surface area contributed by atoms with Crippen LogP contribution in [0.3, 0.4) is 0 Å². The lowest BCUT2D eigenvalue weighted by atomic mass is 10.0. The van der Waals surface area contributed by atoms with Crippen molar-refractivity contribution in [3.8, 4) is 0 Å². The number of rotatable bonds is 4. The Morgan fingerprint density at radius 3 is 2.57 bits per heavy atom. The second kappa shape index (κ2) is 7.09. The highest BCUT2D eigenvalue weighted by atomic mass is 16.5. The van der Waals surface area contributed by atoms with Gasteiger partial charge in [-0.3, -0.25) is 4.79 Å². The molecule has 120 valence electrons. The fourth-order valence-corrected chi connectivity index (χ4v) is 2.99. The number of nitrogens with zero attached hydrogens (tertiary/aromatic N) is 2. The van der Waals surface area contributed by atoms with Gasteiger partial charge in [0.2, 0.25) is 0 Å². The number of piperidine rings is 1. The van der Waals surface area contributed by atoms with Gasteiger partial charge in [0.1, 0.15) is 5.92 Å². The predicted octanol–water partition coefficient (Wildman–Crippen LogP) is 0.212. The van der Waals surface area contributed by atoms with Gasteiger partial charge in [0.05, 0.1) is 19.3 Å². The molecule has 0 aromatic rings. The van der Waals surface area contributed by atoms with Gasteiger partial charge in [0.25, 0.3) is 0 Å². The van der Waals surface area contributed by atoms with Gasteiger partial charge in [0.15, 0.2) is 0 Å². The van der Waals surface area contributed by atoms with E-state index < -0.39 is 17.9 Å². The van der Waals surface area contributed by atoms with Crippen LogP contribution in [0, 0.1) is 5.92 Å². The summed E-state index contributed by atoms with van der Waals surface area (Å²) >= 11 is 0. The molecule has 2 fully saturated rings. The molecule has 2 N–H and O–H groups in total. The number of carboxylic acid groups (broad SMARTS) is 1. The first-order chi connectivity index (χ1) is 10.0. The van der Waals surface area contributed by atoms with Crippen LogP contribution in [0.2, 0.25) is 0 Å². The van der Waals surface area contributed by atoms with Crippen molar-refractivity contribution in [1.29, 1.82) is 0 Å². The third-order valence-electron chi connectivity index (χ3n) is 4.58. The van der Waals surface area contributed by atoms with Crippen molar-refractivity contribution in [2.24, 2.45) is 5.92 Å². The molecule has 7 nitrogen and oxygen atoms in total. The van der Waals surface area contributed by atoms with E-state index >= 15 is 0 Å². The molecule has 0 aromatic heterocycles. The minimum absolute atomic E-state index is 0.166. The Morgan fingerprint density at radius 1 is 1.33 bits per heavy atom. The van der Waals surface area contributed by atoms with Gasteiger partial charge in [-0.15, -0.1) is 0 Å². The molecule has 2 heterocycles. The second-order valence-corrected chi connectivity index (χ2v) is 5.81. The monoisotopic (exact) mass is 299 g/mol. The van der Waals surface area contributed by atoms with Crippen LogP contribution >= 0.6 is 0 Å². The number of carboxylic acids is 1. The van der Waals surface area contributed by atoms with E-state index in [4.69, 9.17) is 9.84 Å². The smallest absolute Gasteiger partial charge is 0.317 e. The average molecular weight is 299 g/mol. The van der Waals surface area contributed by atoms with Crippen LogP contribution in [-0.2, 0) is 9.53 Å². The van der Waals surface area contributed by atoms with Crippen molar-refractivity contribution in [1.82, 2.24) is 15.1 Å². The van der Waals surface area contributed by atoms with Gasteiger partial charge < -0.3 is 25.0 Å². The molecule has 0 aromatic carbocycles. The molecule has 0 spiro atoms. The highest BCUT2D eigenvalue weighted by Crippen LogP contribution is 2.17. The fourth-order valence-electron chi connectivity index (χ4n) is 2.99. The van der Waals surface area contributed by atoms with Gasteiger partial charge in [-0.05, 0) is 19.4 Å². The standard InChI is InChI=1S/C14H25N3O4/c1-3-17-6-4-10(5-7-17)16(2)14(20)15-12-9-21-8-11(12)13(18)19/h10-12H,3-9H2,1-2H3,(H,15,20)(H,18,19). The van der Waals surface area contributed by atoms with Crippen molar-refractivity contribution in [3.05, 3.63) is 0 Å². The zero-order valence-corrected chi connectivity index (χ0v) is 12.7. The maximum Gasteiger partial charge on any atom is 0.317 e. The average Bonchev–Trinajstić information content (AvgIpc) is 2.95. The number of amides is 2. The van der Waals surface area contributed by atoms with Crippen LogP contribution in [-0.4, -0.2) is 78.9 Å². The lowest BCUT2D eigenvalue weighted by Gasteiger charge is -2.36. The Kier molecular flexibility index (Phi) is 5.41. The SMILES string of the molecule is CCN1CCC(N(C)C(=O)NC2COCC2C(=O)O)CC1. The number of aliphatic carboxylic acids is 1. The van der Waals surface area contributed by atoms with Gasteiger partial charge in [-0.25, -0.2) is 4.79 Å². The number of hydrogen-bond donors (Lipinski definition) is 2. The molecule has 2 aliphatic rings. The molecule has 2 aliphatic heterocycles. The first-order valence-corrected chi connectivity index (χ1v) is 7.59. The maximum absolute atomic E-state index is 12.3. The van der Waals surface area contributed by atoms with Gasteiger partial charge in [-0.2, -0.15) is 0 Å². The van der Waals surface area contributed by atoms with E-state index in [1.165, 1.54) is 0 Å². The summed E-state index contributed by atoms with van der Waals surface area (Å²) in [5, 5.41) is 11.9. The lowest BCUT2D eigenvalue weighted by Crippen LogP contribution is -2.52. The topological polar surface area (TPSA) is 82.1 Å². The van der Waals surface area contributed by atoms with Crippen LogP contribution in [0.25, 0.3) is 0 Å². The minimum Gasteiger partial charge on any atom is -0.481 e. The summed E-state index contributed by atoms with van der Waals surface area (Å²) in [5.41, 5.74) is 0. The van der Waals surface area contributed by atoms with Crippen molar-refractivity contribution >= 4 is 12.0 Å². The molecule has 2 unspecified atom stereocenters. The van der Waals surface area contributed by atoms with Crippen LogP contribution in [0.4, 0.5) is 4.79 Å². The Labute approximate surface area is 125 Å². The van der Waals surface area contributed by atoms with E-state index in [1.807, 2.05) is 0 Å². The van der Waals surface area contributed by atoms with E-state index in [-0.39, 0.29) is 25.3 Å². The number of nitrogens with one attached hydrogen (secondary N) is 1. The number of likely N-dealkylation sites (tertiary alicyclic amines) is 1. The minimum atomic E-state index is -0.920. The summed E-state index contributed by atoms with van der Waals surface area (Å²) in [6.45, 7) is 5.63. The predicted molar refractivity (Wildman–Crippen MR) is 77.2 cm³/mol. The molecular formula is C14H25N3O4. The molecule has 21 heavy (non-hydrogen) atoms. The van der Waals surface area contributed by atoms with Crippen molar-refractivity contribution in [3.63, 3.8) is 0 Å². The second-order valence-electron chi connectivity index (χ2n) is 5.81. The quantitative estimate of drug-likeness (QED) is 0.775. The lowest BCUT2D eigenvalue weighted by molar-refractivity contribution is -0.142. The van der Waals surface area contributed by atoms with Crippen molar-refractivity contribution < 1.29 is 19.4 Å². The number of carbonyl (C=O) groups excluding carboxylic acids is 1. The van der Waals surface area contributed by atoms with Gasteiger partial charge in [-0.1, -0.05) is 6.92 Å². The first-order valence-electron chi connectivity index (χ1n) is 7.59. The Hall–Kier alpha value is -1.34. The molecule has 0 bridgehead atoms. The summed E-state index contributed by atoms with van der Waals surface area (Å²) < 4.78 is 5.17. The van der Waals surface area contributed by atoms with Crippen LogP contribution in [0.5, 0.6) is 0 Å². The van der Waals surface area contributed by atoms with Crippen LogP contribution < -0.4 is 5.32 Å². The summed E-state index contributed by atoms with van der Waals surface area (Å²) in [5.74, 6) is -1.57. The number of ether oxygens (including phenoxy) is 1. The normalized spacial score (nSPS) is 27.5. The zero-order valence-electron chi connectivity index (χ0n) is 12.7. The van der Waals surface area contributed by atoms with Gasteiger partial charge >= 0.3 is 12.0 Å². The molecular weight excluding hydrogens is 274 g/mol. The maximum atomic E-state index is 12.3. The van der Waals surface area contributed by atoms with Gasteiger partial charge in [0, 0.05) is 26.2 Å². The molecule has 0 saturated carbocycles. The Morgan fingerprint density at radius 2 is 2.00 bits per heavy atom. The third-order valence-corrected chi connectivity index (χ3v) is 4.58. The Bertz CT molecular complexity index is 382. The first kappa shape index (κ1) is 16.0. The molecule has 0 aliphatic carbocycles. The van der Waals surface area contributed by atoms with Crippen LogP contribution in [0.1, 0.15) is 19.8 Å². The Balaban J connectivity index is 1.84. The highest BCUT2D eigenvalue weighted by molar-refractivity contribution is 5.77. The third kappa shape index (κ3) is 3.85. The summed E-state index contributed by atoms with van der Waals surface area (Å²) in [6, 6.07) is -0.418. The molecule has 0 radical (unpaired) electrons. The number of carbonyl (C=O) groups is 2. The van der Waals surface area contributed by atoms with E-state index in [2.05, 4.69) is 17.1 Å². The summed E-state index contributed by atoms with van der Waals surface area (Å²) in [6.07, 6.45) is 1.92. The molecule has 7 heteroatoms. The van der Waals surface area contributed by atoms with E-state index in [0.29, 0.717) is 0 Å². The van der Waals surface area contributed by atoms with Crippen LogP contribution in [0.15, 0.2) is 0 Å². The van der Waals surface area contributed by atoms with E-state index in [1.54, 1.807) is 11.9 Å². The molecule has 2 atom stereocenters. The zero-order chi connectivity index (χ0) is 15.4. The molecule has 2 saturated heterocycles. The summed E-state index contributed by atoms with van der Waals surface area (Å²) in [4.78, 5) is 27.4. The molecule has 2 amide bonds. The van der Waals surface area contributed by atoms with Crippen molar-refractivity contribution in [2.45, 2.75) is 31.8 Å². The number of urea groups is 1. The van der Waals surface area contributed by atoms with E-state index in [0.717, 1.165) is 32.5 Å².